The van der Waals surface area contributed by atoms with Crippen LogP contribution in [0.4, 0.5) is 4.79 Å². The molecule has 2 N–H and O–H groups in total. The molecule has 0 bridgehead atoms. The molecule has 0 unspecified atom stereocenters. The third-order valence-corrected chi connectivity index (χ3v) is 2.72. The van der Waals surface area contributed by atoms with Gasteiger partial charge in [-0.25, -0.2) is 4.79 Å². The molecule has 1 aromatic rings. The summed E-state index contributed by atoms with van der Waals surface area (Å²) >= 11 is 1.45. The average molecular weight is 271 g/mol. The quantitative estimate of drug-likeness (QED) is 0.883. The first-order chi connectivity index (χ1) is 8.28. The molecule has 0 saturated heterocycles. The lowest BCUT2D eigenvalue weighted by Crippen LogP contribution is -2.35. The number of aliphatic carboxylic acids is 1. The van der Waals surface area contributed by atoms with E-state index in [1.165, 1.54) is 11.3 Å². The highest BCUT2D eigenvalue weighted by Gasteiger charge is 2.22. The zero-order valence-electron chi connectivity index (χ0n) is 10.6. The molecule has 0 spiro atoms. The number of carbonyl (C=O) groups is 2. The van der Waals surface area contributed by atoms with E-state index in [4.69, 9.17) is 9.84 Å². The molecule has 1 rings (SSSR count). The van der Waals surface area contributed by atoms with Crippen molar-refractivity contribution >= 4 is 23.4 Å². The van der Waals surface area contributed by atoms with Crippen LogP contribution in [0.25, 0.3) is 0 Å². The second-order valence-electron chi connectivity index (χ2n) is 4.85. The van der Waals surface area contributed by atoms with Crippen molar-refractivity contribution in [3.63, 3.8) is 0 Å². The summed E-state index contributed by atoms with van der Waals surface area (Å²) in [6.07, 6.45) is -0.782. The Bertz CT molecular complexity index is 408. The summed E-state index contributed by atoms with van der Waals surface area (Å²) in [5, 5.41) is 15.1. The molecule has 0 saturated carbocycles. The van der Waals surface area contributed by atoms with Crippen molar-refractivity contribution in [2.24, 2.45) is 0 Å². The van der Waals surface area contributed by atoms with E-state index in [1.807, 2.05) is 10.8 Å². The number of hydrogen-bond acceptors (Lipinski definition) is 4. The summed E-state index contributed by atoms with van der Waals surface area (Å²) in [5.74, 6) is -0.970. The van der Waals surface area contributed by atoms with Crippen LogP contribution in [0.5, 0.6) is 0 Å². The fourth-order valence-electron chi connectivity index (χ4n) is 1.35. The molecule has 0 aliphatic carbocycles. The molecule has 1 heterocycles. The standard InChI is InChI=1S/C12H17NO4S/c1-12(2,3)17-11(16)13-9(6-10(14)15)8-4-5-18-7-8/h4-5,7,9H,6H2,1-3H3,(H,13,16)(H,14,15)/t9-/m1/s1. The predicted octanol–water partition coefficient (Wildman–Crippen LogP) is 2.79. The first-order valence-electron chi connectivity index (χ1n) is 5.51. The van der Waals surface area contributed by atoms with E-state index in [-0.39, 0.29) is 6.42 Å². The number of carboxylic acid groups (broad SMARTS) is 1. The Hall–Kier alpha value is -1.56. The summed E-state index contributed by atoms with van der Waals surface area (Å²) in [6, 6.07) is 1.22. The van der Waals surface area contributed by atoms with Crippen LogP contribution in [0, 0.1) is 0 Å². The number of ether oxygens (including phenoxy) is 1. The first-order valence-corrected chi connectivity index (χ1v) is 6.45. The van der Waals surface area contributed by atoms with Gasteiger partial charge in [-0.3, -0.25) is 4.79 Å². The van der Waals surface area contributed by atoms with E-state index >= 15 is 0 Å². The number of hydrogen-bond donors (Lipinski definition) is 2. The van der Waals surface area contributed by atoms with Gasteiger partial charge in [-0.2, -0.15) is 11.3 Å². The highest BCUT2D eigenvalue weighted by atomic mass is 32.1. The van der Waals surface area contributed by atoms with Crippen molar-refractivity contribution < 1.29 is 19.4 Å². The van der Waals surface area contributed by atoms with Gasteiger partial charge in [-0.15, -0.1) is 0 Å². The Balaban J connectivity index is 2.68. The molecule has 1 aromatic heterocycles. The fraction of sp³-hybridized carbons (Fsp3) is 0.500. The Morgan fingerprint density at radius 3 is 2.61 bits per heavy atom. The van der Waals surface area contributed by atoms with Crippen LogP contribution in [-0.4, -0.2) is 22.8 Å². The van der Waals surface area contributed by atoms with Crippen LogP contribution in [-0.2, 0) is 9.53 Å². The third kappa shape index (κ3) is 5.18. The molecule has 0 fully saturated rings. The maximum Gasteiger partial charge on any atom is 0.408 e. The Morgan fingerprint density at radius 2 is 2.17 bits per heavy atom. The minimum absolute atomic E-state index is 0.171. The van der Waals surface area contributed by atoms with Gasteiger partial charge < -0.3 is 15.2 Å². The van der Waals surface area contributed by atoms with Crippen molar-refractivity contribution in [1.29, 1.82) is 0 Å². The predicted molar refractivity (Wildman–Crippen MR) is 68.7 cm³/mol. The van der Waals surface area contributed by atoms with Crippen LogP contribution >= 0.6 is 11.3 Å². The van der Waals surface area contributed by atoms with Gasteiger partial charge in [0.15, 0.2) is 0 Å². The van der Waals surface area contributed by atoms with Gasteiger partial charge in [0.05, 0.1) is 12.5 Å². The van der Waals surface area contributed by atoms with Gasteiger partial charge in [0, 0.05) is 0 Å². The lowest BCUT2D eigenvalue weighted by atomic mass is 10.1. The zero-order chi connectivity index (χ0) is 13.8. The molecule has 1 amide bonds. The maximum absolute atomic E-state index is 11.6. The molecular weight excluding hydrogens is 254 g/mol. The highest BCUT2D eigenvalue weighted by molar-refractivity contribution is 7.07. The molecule has 0 radical (unpaired) electrons. The zero-order valence-corrected chi connectivity index (χ0v) is 11.4. The van der Waals surface area contributed by atoms with Gasteiger partial charge in [-0.1, -0.05) is 0 Å². The van der Waals surface area contributed by atoms with Gasteiger partial charge in [0.25, 0.3) is 0 Å². The number of thiophene rings is 1. The summed E-state index contributed by atoms with van der Waals surface area (Å²) in [4.78, 5) is 22.4. The van der Waals surface area contributed by atoms with E-state index < -0.39 is 23.7 Å². The third-order valence-electron chi connectivity index (χ3n) is 2.02. The monoisotopic (exact) mass is 271 g/mol. The molecule has 0 aliphatic heterocycles. The van der Waals surface area contributed by atoms with Gasteiger partial charge in [-0.05, 0) is 43.2 Å². The van der Waals surface area contributed by atoms with Crippen LogP contribution in [0.1, 0.15) is 38.8 Å². The largest absolute Gasteiger partial charge is 0.481 e. The number of nitrogens with one attached hydrogen (secondary N) is 1. The summed E-state index contributed by atoms with van der Waals surface area (Å²) < 4.78 is 5.11. The second-order valence-corrected chi connectivity index (χ2v) is 5.63. The number of carboxylic acids is 1. The number of rotatable bonds is 4. The second kappa shape index (κ2) is 5.86. The minimum Gasteiger partial charge on any atom is -0.481 e. The summed E-state index contributed by atoms with van der Waals surface area (Å²) in [6.45, 7) is 5.26. The first kappa shape index (κ1) is 14.5. The minimum atomic E-state index is -0.970. The van der Waals surface area contributed by atoms with Crippen LogP contribution < -0.4 is 5.32 Å². The van der Waals surface area contributed by atoms with Gasteiger partial charge in [0.2, 0.25) is 0 Å². The van der Waals surface area contributed by atoms with Crippen molar-refractivity contribution in [3.05, 3.63) is 22.4 Å². The number of carbonyl (C=O) groups excluding carboxylic acids is 1. The lowest BCUT2D eigenvalue weighted by molar-refractivity contribution is -0.137. The normalized spacial score (nSPS) is 12.8. The topological polar surface area (TPSA) is 75.6 Å². The molecular formula is C12H17NO4S. The average Bonchev–Trinajstić information content (AvgIpc) is 2.64. The molecule has 100 valence electrons. The molecule has 18 heavy (non-hydrogen) atoms. The molecule has 5 nitrogen and oxygen atoms in total. The van der Waals surface area contributed by atoms with Crippen molar-refractivity contribution in [3.8, 4) is 0 Å². The fourth-order valence-corrected chi connectivity index (χ4v) is 2.06. The van der Waals surface area contributed by atoms with E-state index in [2.05, 4.69) is 5.32 Å². The molecule has 6 heteroatoms. The SMILES string of the molecule is CC(C)(C)OC(=O)N[C@H](CC(=O)O)c1ccsc1. The van der Waals surface area contributed by atoms with Crippen LogP contribution in [0.2, 0.25) is 0 Å². The lowest BCUT2D eigenvalue weighted by Gasteiger charge is -2.22. The van der Waals surface area contributed by atoms with E-state index in [1.54, 1.807) is 26.8 Å². The Kier molecular flexibility index (Phi) is 4.72. The van der Waals surface area contributed by atoms with E-state index in [0.717, 1.165) is 5.56 Å². The van der Waals surface area contributed by atoms with Crippen LogP contribution in [0.15, 0.2) is 16.8 Å². The number of alkyl carbamates (subject to hydrolysis) is 1. The van der Waals surface area contributed by atoms with Crippen LogP contribution in [0.3, 0.4) is 0 Å². The van der Waals surface area contributed by atoms with Gasteiger partial charge >= 0.3 is 12.1 Å². The Morgan fingerprint density at radius 1 is 1.50 bits per heavy atom. The van der Waals surface area contributed by atoms with E-state index in [9.17, 15) is 9.59 Å². The highest BCUT2D eigenvalue weighted by Crippen LogP contribution is 2.20. The van der Waals surface area contributed by atoms with Crippen molar-refractivity contribution in [1.82, 2.24) is 5.32 Å². The summed E-state index contributed by atoms with van der Waals surface area (Å²) in [5.41, 5.74) is 0.167. The molecule has 0 aromatic carbocycles. The number of amides is 1. The van der Waals surface area contributed by atoms with E-state index in [0.29, 0.717) is 0 Å². The Labute approximate surface area is 110 Å². The van der Waals surface area contributed by atoms with Crippen molar-refractivity contribution in [2.45, 2.75) is 38.8 Å². The molecule has 0 aliphatic rings. The molecule has 1 atom stereocenters. The smallest absolute Gasteiger partial charge is 0.408 e. The van der Waals surface area contributed by atoms with Gasteiger partial charge in [0.1, 0.15) is 5.60 Å². The maximum atomic E-state index is 11.6. The summed E-state index contributed by atoms with van der Waals surface area (Å²) in [7, 11) is 0. The van der Waals surface area contributed by atoms with Crippen molar-refractivity contribution in [2.75, 3.05) is 0 Å².